The van der Waals surface area contributed by atoms with Gasteiger partial charge in [-0.15, -0.1) is 11.3 Å². The molecule has 0 saturated heterocycles. The molecule has 1 fully saturated rings. The zero-order valence-electron chi connectivity index (χ0n) is 10.1. The highest BCUT2D eigenvalue weighted by molar-refractivity contribution is 7.19. The monoisotopic (exact) mass is 296 g/mol. The van der Waals surface area contributed by atoms with Crippen LogP contribution in [0.15, 0.2) is 16.9 Å². The van der Waals surface area contributed by atoms with Crippen molar-refractivity contribution in [3.05, 3.63) is 32.4 Å². The highest BCUT2D eigenvalue weighted by Crippen LogP contribution is 2.36. The predicted molar refractivity (Wildman–Crippen MR) is 76.1 cm³/mol. The summed E-state index contributed by atoms with van der Waals surface area (Å²) in [5.41, 5.74) is 0.197. The van der Waals surface area contributed by atoms with Crippen LogP contribution in [0.2, 0.25) is 4.34 Å². The molecule has 0 radical (unpaired) electrons. The second-order valence-electron chi connectivity index (χ2n) is 4.74. The summed E-state index contributed by atoms with van der Waals surface area (Å²) in [6, 6.07) is 3.52. The molecule has 2 aromatic rings. The first-order valence-electron chi connectivity index (χ1n) is 6.24. The van der Waals surface area contributed by atoms with E-state index in [0.29, 0.717) is 15.7 Å². The minimum absolute atomic E-state index is 0.136. The van der Waals surface area contributed by atoms with E-state index >= 15 is 0 Å². The number of aromatic nitrogens is 2. The molecule has 6 heteroatoms. The summed E-state index contributed by atoms with van der Waals surface area (Å²) in [6.07, 6.45) is 4.10. The summed E-state index contributed by atoms with van der Waals surface area (Å²) in [4.78, 5) is 19.8. The molecule has 1 aliphatic rings. The number of aromatic amines is 1. The smallest absolute Gasteiger partial charge is 0.258 e. The van der Waals surface area contributed by atoms with Crippen molar-refractivity contribution in [1.29, 1.82) is 0 Å². The van der Waals surface area contributed by atoms with Crippen LogP contribution >= 0.6 is 22.9 Å². The summed E-state index contributed by atoms with van der Waals surface area (Å²) in [5, 5.41) is 10.0. The Bertz CT molecular complexity index is 659. The molecule has 0 spiro atoms. The van der Waals surface area contributed by atoms with Crippen LogP contribution in [0, 0.1) is 0 Å². The standard InChI is InChI=1S/C13H13ClN2O2S/c14-9-6-5-8(19-9)11-15-12(17)10(13(18)16-11)7-3-1-2-4-7/h5-7H,1-4H2,(H2,15,16,17,18). The van der Waals surface area contributed by atoms with E-state index in [2.05, 4.69) is 9.97 Å². The molecule has 1 saturated carbocycles. The molecule has 100 valence electrons. The minimum atomic E-state index is -0.237. The number of hydrogen-bond acceptors (Lipinski definition) is 4. The predicted octanol–water partition coefficient (Wildman–Crippen LogP) is 3.52. The van der Waals surface area contributed by atoms with Crippen molar-refractivity contribution in [2.75, 3.05) is 0 Å². The third kappa shape index (κ3) is 2.40. The SMILES string of the molecule is O=c1[nH]c(-c2ccc(Cl)s2)nc(O)c1C1CCCC1. The van der Waals surface area contributed by atoms with Crippen LogP contribution in [-0.2, 0) is 0 Å². The van der Waals surface area contributed by atoms with Crippen LogP contribution in [0.5, 0.6) is 5.88 Å². The number of thiophene rings is 1. The lowest BCUT2D eigenvalue weighted by Crippen LogP contribution is -2.17. The quantitative estimate of drug-likeness (QED) is 0.891. The van der Waals surface area contributed by atoms with E-state index in [1.807, 2.05) is 0 Å². The van der Waals surface area contributed by atoms with E-state index in [-0.39, 0.29) is 17.4 Å². The van der Waals surface area contributed by atoms with Gasteiger partial charge in [0.15, 0.2) is 5.82 Å². The molecular formula is C13H13ClN2O2S. The molecule has 19 heavy (non-hydrogen) atoms. The van der Waals surface area contributed by atoms with Gasteiger partial charge in [-0.25, -0.2) is 0 Å². The van der Waals surface area contributed by atoms with E-state index in [9.17, 15) is 9.90 Å². The zero-order chi connectivity index (χ0) is 13.4. The Balaban J connectivity index is 2.04. The second kappa shape index (κ2) is 4.98. The summed E-state index contributed by atoms with van der Waals surface area (Å²) in [5.74, 6) is 0.369. The van der Waals surface area contributed by atoms with Gasteiger partial charge >= 0.3 is 0 Å². The molecule has 1 aliphatic carbocycles. The molecule has 4 nitrogen and oxygen atoms in total. The molecule has 0 atom stereocenters. The van der Waals surface area contributed by atoms with Crippen molar-refractivity contribution >= 4 is 22.9 Å². The van der Waals surface area contributed by atoms with Crippen LogP contribution in [0.4, 0.5) is 0 Å². The number of aromatic hydroxyl groups is 1. The first-order chi connectivity index (χ1) is 9.15. The molecule has 3 rings (SSSR count). The van der Waals surface area contributed by atoms with Gasteiger partial charge in [-0.3, -0.25) is 4.79 Å². The van der Waals surface area contributed by atoms with Gasteiger partial charge in [-0.05, 0) is 30.9 Å². The maximum atomic E-state index is 12.1. The molecule has 2 N–H and O–H groups in total. The Morgan fingerprint density at radius 3 is 2.68 bits per heavy atom. The fraction of sp³-hybridized carbons (Fsp3) is 0.385. The summed E-state index contributed by atoms with van der Waals surface area (Å²) >= 11 is 7.18. The van der Waals surface area contributed by atoms with Gasteiger partial charge in [0.2, 0.25) is 5.88 Å². The van der Waals surface area contributed by atoms with Crippen LogP contribution < -0.4 is 5.56 Å². The maximum absolute atomic E-state index is 12.1. The van der Waals surface area contributed by atoms with Gasteiger partial charge in [0.25, 0.3) is 5.56 Å². The first-order valence-corrected chi connectivity index (χ1v) is 7.43. The van der Waals surface area contributed by atoms with Crippen molar-refractivity contribution in [3.8, 4) is 16.6 Å². The van der Waals surface area contributed by atoms with E-state index in [0.717, 1.165) is 30.6 Å². The van der Waals surface area contributed by atoms with Crippen LogP contribution in [-0.4, -0.2) is 15.1 Å². The van der Waals surface area contributed by atoms with Crippen LogP contribution in [0.25, 0.3) is 10.7 Å². The molecule has 0 unspecified atom stereocenters. The molecule has 0 bridgehead atoms. The Morgan fingerprint density at radius 2 is 2.11 bits per heavy atom. The molecule has 0 amide bonds. The van der Waals surface area contributed by atoms with Gasteiger partial charge in [0.05, 0.1) is 14.8 Å². The van der Waals surface area contributed by atoms with Crippen LogP contribution in [0.1, 0.15) is 37.2 Å². The Morgan fingerprint density at radius 1 is 1.37 bits per heavy atom. The third-order valence-corrected chi connectivity index (χ3v) is 4.74. The van der Waals surface area contributed by atoms with Gasteiger partial charge in [-0.1, -0.05) is 24.4 Å². The Hall–Kier alpha value is -1.33. The fourth-order valence-electron chi connectivity index (χ4n) is 2.61. The van der Waals surface area contributed by atoms with Gasteiger partial charge in [-0.2, -0.15) is 4.98 Å². The summed E-state index contributed by atoms with van der Waals surface area (Å²) in [7, 11) is 0. The molecule has 2 heterocycles. The fourth-order valence-corrected chi connectivity index (χ4v) is 3.60. The Labute approximate surface area is 119 Å². The lowest BCUT2D eigenvalue weighted by Gasteiger charge is -2.10. The maximum Gasteiger partial charge on any atom is 0.258 e. The lowest BCUT2D eigenvalue weighted by molar-refractivity contribution is 0.436. The number of rotatable bonds is 2. The van der Waals surface area contributed by atoms with Crippen molar-refractivity contribution in [3.63, 3.8) is 0 Å². The van der Waals surface area contributed by atoms with E-state index < -0.39 is 0 Å². The number of nitrogens with zero attached hydrogens (tertiary/aromatic N) is 1. The average molecular weight is 297 g/mol. The van der Waals surface area contributed by atoms with Crippen molar-refractivity contribution < 1.29 is 5.11 Å². The molecular weight excluding hydrogens is 284 g/mol. The van der Waals surface area contributed by atoms with Crippen molar-refractivity contribution in [1.82, 2.24) is 9.97 Å². The Kier molecular flexibility index (Phi) is 3.33. The topological polar surface area (TPSA) is 66.0 Å². The van der Waals surface area contributed by atoms with Crippen LogP contribution in [0.3, 0.4) is 0 Å². The second-order valence-corrected chi connectivity index (χ2v) is 6.45. The van der Waals surface area contributed by atoms with Crippen molar-refractivity contribution in [2.24, 2.45) is 0 Å². The third-order valence-electron chi connectivity index (χ3n) is 3.51. The summed E-state index contributed by atoms with van der Waals surface area (Å²) < 4.78 is 0.622. The number of H-pyrrole nitrogens is 1. The van der Waals surface area contributed by atoms with Gasteiger partial charge in [0.1, 0.15) is 0 Å². The highest BCUT2D eigenvalue weighted by atomic mass is 35.5. The normalized spacial score (nSPS) is 16.1. The van der Waals surface area contributed by atoms with Gasteiger partial charge in [0, 0.05) is 0 Å². The largest absolute Gasteiger partial charge is 0.493 e. The average Bonchev–Trinajstić information content (AvgIpc) is 2.99. The van der Waals surface area contributed by atoms with E-state index in [4.69, 9.17) is 11.6 Å². The molecule has 0 aliphatic heterocycles. The lowest BCUT2D eigenvalue weighted by atomic mass is 10.00. The number of hydrogen-bond donors (Lipinski definition) is 2. The van der Waals surface area contributed by atoms with Gasteiger partial charge < -0.3 is 10.1 Å². The van der Waals surface area contributed by atoms with E-state index in [1.165, 1.54) is 11.3 Å². The van der Waals surface area contributed by atoms with E-state index in [1.54, 1.807) is 12.1 Å². The number of halogens is 1. The highest BCUT2D eigenvalue weighted by Gasteiger charge is 2.24. The summed E-state index contributed by atoms with van der Waals surface area (Å²) in [6.45, 7) is 0. The zero-order valence-corrected chi connectivity index (χ0v) is 11.7. The number of nitrogens with one attached hydrogen (secondary N) is 1. The molecule has 0 aromatic carbocycles. The molecule has 2 aromatic heterocycles. The minimum Gasteiger partial charge on any atom is -0.493 e. The van der Waals surface area contributed by atoms with Crippen molar-refractivity contribution in [2.45, 2.75) is 31.6 Å². The first kappa shape index (κ1) is 12.7.